The van der Waals surface area contributed by atoms with Crippen LogP contribution in [0.2, 0.25) is 0 Å². The lowest BCUT2D eigenvalue weighted by Crippen LogP contribution is -2.30. The standard InChI is InChI=1S/C13H20O2/c1-13(2,3)12(14)10-15-9-11-7-5-4-6-8-11/h4-8,12,14H,9-10H2,1-3H3. The van der Waals surface area contributed by atoms with Crippen LogP contribution in [-0.4, -0.2) is 17.8 Å². The summed E-state index contributed by atoms with van der Waals surface area (Å²) in [5.74, 6) is 0. The van der Waals surface area contributed by atoms with Gasteiger partial charge in [0.1, 0.15) is 0 Å². The van der Waals surface area contributed by atoms with Gasteiger partial charge in [0, 0.05) is 0 Å². The highest BCUT2D eigenvalue weighted by molar-refractivity contribution is 5.13. The summed E-state index contributed by atoms with van der Waals surface area (Å²) in [5, 5.41) is 9.74. The zero-order valence-corrected chi connectivity index (χ0v) is 9.73. The Morgan fingerprint density at radius 2 is 1.80 bits per heavy atom. The first-order valence-electron chi connectivity index (χ1n) is 5.30. The van der Waals surface area contributed by atoms with Gasteiger partial charge in [-0.2, -0.15) is 0 Å². The van der Waals surface area contributed by atoms with Gasteiger partial charge >= 0.3 is 0 Å². The summed E-state index contributed by atoms with van der Waals surface area (Å²) >= 11 is 0. The summed E-state index contributed by atoms with van der Waals surface area (Å²) in [6.07, 6.45) is -0.416. The van der Waals surface area contributed by atoms with E-state index in [9.17, 15) is 5.11 Å². The minimum absolute atomic E-state index is 0.114. The van der Waals surface area contributed by atoms with Gasteiger partial charge in [-0.1, -0.05) is 51.1 Å². The molecule has 84 valence electrons. The molecular weight excluding hydrogens is 188 g/mol. The van der Waals surface area contributed by atoms with Crippen molar-refractivity contribution in [1.82, 2.24) is 0 Å². The lowest BCUT2D eigenvalue weighted by molar-refractivity contribution is -0.0259. The van der Waals surface area contributed by atoms with Crippen molar-refractivity contribution in [2.24, 2.45) is 5.41 Å². The van der Waals surface area contributed by atoms with Crippen LogP contribution < -0.4 is 0 Å². The third kappa shape index (κ3) is 4.45. The Labute approximate surface area is 91.9 Å². The van der Waals surface area contributed by atoms with Crippen LogP contribution in [0.3, 0.4) is 0 Å². The molecule has 2 heteroatoms. The van der Waals surface area contributed by atoms with Gasteiger partial charge in [0.05, 0.1) is 19.3 Å². The maximum Gasteiger partial charge on any atom is 0.0821 e. The average molecular weight is 208 g/mol. The minimum atomic E-state index is -0.416. The third-order valence-corrected chi connectivity index (χ3v) is 2.39. The van der Waals surface area contributed by atoms with E-state index in [1.165, 1.54) is 0 Å². The quantitative estimate of drug-likeness (QED) is 0.824. The Kier molecular flexibility index (Phi) is 4.30. The summed E-state index contributed by atoms with van der Waals surface area (Å²) < 4.78 is 5.46. The van der Waals surface area contributed by atoms with E-state index in [2.05, 4.69) is 0 Å². The molecule has 1 N–H and O–H groups in total. The molecule has 1 aromatic rings. The fraction of sp³-hybridized carbons (Fsp3) is 0.538. The fourth-order valence-corrected chi connectivity index (χ4v) is 1.11. The lowest BCUT2D eigenvalue weighted by atomic mass is 9.90. The second kappa shape index (κ2) is 5.29. The Morgan fingerprint density at radius 1 is 1.20 bits per heavy atom. The zero-order valence-electron chi connectivity index (χ0n) is 9.73. The molecule has 0 saturated heterocycles. The molecule has 0 aliphatic rings. The van der Waals surface area contributed by atoms with E-state index in [1.807, 2.05) is 51.1 Å². The van der Waals surface area contributed by atoms with Gasteiger partial charge in [-0.25, -0.2) is 0 Å². The number of hydrogen-bond acceptors (Lipinski definition) is 2. The zero-order chi connectivity index (χ0) is 11.3. The van der Waals surface area contributed by atoms with Gasteiger partial charge in [0.2, 0.25) is 0 Å². The number of aliphatic hydroxyl groups is 1. The van der Waals surface area contributed by atoms with Crippen LogP contribution in [0.4, 0.5) is 0 Å². The van der Waals surface area contributed by atoms with E-state index < -0.39 is 6.10 Å². The molecule has 0 saturated carbocycles. The van der Waals surface area contributed by atoms with Crippen molar-refractivity contribution in [2.75, 3.05) is 6.61 Å². The van der Waals surface area contributed by atoms with E-state index in [-0.39, 0.29) is 5.41 Å². The molecule has 1 rings (SSSR count). The average Bonchev–Trinajstić information content (AvgIpc) is 2.18. The molecular formula is C13H20O2. The second-order valence-electron chi connectivity index (χ2n) is 4.88. The van der Waals surface area contributed by atoms with Crippen LogP contribution in [0.15, 0.2) is 30.3 Å². The van der Waals surface area contributed by atoms with Gasteiger partial charge in [-0.05, 0) is 11.0 Å². The minimum Gasteiger partial charge on any atom is -0.390 e. The topological polar surface area (TPSA) is 29.5 Å². The third-order valence-electron chi connectivity index (χ3n) is 2.39. The molecule has 1 aromatic carbocycles. The lowest BCUT2D eigenvalue weighted by Gasteiger charge is -2.25. The van der Waals surface area contributed by atoms with Gasteiger partial charge in [-0.15, -0.1) is 0 Å². The molecule has 0 radical (unpaired) electrons. The van der Waals surface area contributed by atoms with E-state index in [4.69, 9.17) is 4.74 Å². The summed E-state index contributed by atoms with van der Waals surface area (Å²) in [4.78, 5) is 0. The largest absolute Gasteiger partial charge is 0.390 e. The monoisotopic (exact) mass is 208 g/mol. The summed E-state index contributed by atoms with van der Waals surface area (Å²) in [5.41, 5.74) is 1.02. The van der Waals surface area contributed by atoms with Crippen LogP contribution in [-0.2, 0) is 11.3 Å². The normalized spacial score (nSPS) is 13.9. The van der Waals surface area contributed by atoms with Gasteiger partial charge in [0.15, 0.2) is 0 Å². The van der Waals surface area contributed by atoms with Crippen molar-refractivity contribution in [1.29, 1.82) is 0 Å². The van der Waals surface area contributed by atoms with Crippen molar-refractivity contribution in [3.05, 3.63) is 35.9 Å². The van der Waals surface area contributed by atoms with Crippen LogP contribution in [0, 0.1) is 5.41 Å². The molecule has 15 heavy (non-hydrogen) atoms. The molecule has 0 fully saturated rings. The first-order chi connectivity index (χ1) is 7.00. The number of aliphatic hydroxyl groups excluding tert-OH is 1. The second-order valence-corrected chi connectivity index (χ2v) is 4.88. The number of ether oxygens (including phenoxy) is 1. The van der Waals surface area contributed by atoms with E-state index in [0.29, 0.717) is 13.2 Å². The van der Waals surface area contributed by atoms with Crippen LogP contribution in [0.1, 0.15) is 26.3 Å². The number of hydrogen-bond donors (Lipinski definition) is 1. The van der Waals surface area contributed by atoms with Gasteiger partial charge in [-0.3, -0.25) is 0 Å². The van der Waals surface area contributed by atoms with Gasteiger partial charge in [0.25, 0.3) is 0 Å². The predicted molar refractivity (Wildman–Crippen MR) is 61.6 cm³/mol. The Hall–Kier alpha value is -0.860. The smallest absolute Gasteiger partial charge is 0.0821 e. The first kappa shape index (κ1) is 12.2. The molecule has 1 atom stereocenters. The van der Waals surface area contributed by atoms with E-state index in [1.54, 1.807) is 0 Å². The summed E-state index contributed by atoms with van der Waals surface area (Å²) in [6.45, 7) is 6.96. The molecule has 0 aliphatic carbocycles. The van der Waals surface area contributed by atoms with E-state index in [0.717, 1.165) is 5.56 Å². The van der Waals surface area contributed by atoms with Crippen LogP contribution >= 0.6 is 0 Å². The molecule has 0 amide bonds. The first-order valence-corrected chi connectivity index (χ1v) is 5.30. The summed E-state index contributed by atoms with van der Waals surface area (Å²) in [6, 6.07) is 9.98. The fourth-order valence-electron chi connectivity index (χ4n) is 1.11. The molecule has 0 aliphatic heterocycles. The number of benzene rings is 1. The van der Waals surface area contributed by atoms with Crippen molar-refractivity contribution in [3.8, 4) is 0 Å². The highest BCUT2D eigenvalue weighted by atomic mass is 16.5. The molecule has 0 heterocycles. The van der Waals surface area contributed by atoms with Crippen molar-refractivity contribution >= 4 is 0 Å². The predicted octanol–water partition coefficient (Wildman–Crippen LogP) is 2.61. The van der Waals surface area contributed by atoms with Crippen LogP contribution in [0.5, 0.6) is 0 Å². The number of rotatable bonds is 4. The van der Waals surface area contributed by atoms with E-state index >= 15 is 0 Å². The van der Waals surface area contributed by atoms with Crippen LogP contribution in [0.25, 0.3) is 0 Å². The highest BCUT2D eigenvalue weighted by Gasteiger charge is 2.21. The Morgan fingerprint density at radius 3 is 2.33 bits per heavy atom. The van der Waals surface area contributed by atoms with Crippen molar-refractivity contribution in [3.63, 3.8) is 0 Å². The SMILES string of the molecule is CC(C)(C)C(O)COCc1ccccc1. The van der Waals surface area contributed by atoms with Gasteiger partial charge < -0.3 is 9.84 Å². The maximum absolute atomic E-state index is 9.74. The Bertz CT molecular complexity index is 274. The highest BCUT2D eigenvalue weighted by Crippen LogP contribution is 2.19. The molecule has 0 aromatic heterocycles. The molecule has 2 nitrogen and oxygen atoms in total. The Balaban J connectivity index is 2.28. The maximum atomic E-state index is 9.74. The molecule has 0 spiro atoms. The molecule has 1 unspecified atom stereocenters. The van der Waals surface area contributed by atoms with Crippen molar-refractivity contribution < 1.29 is 9.84 Å². The molecule has 0 bridgehead atoms. The van der Waals surface area contributed by atoms with Crippen molar-refractivity contribution in [2.45, 2.75) is 33.5 Å². The summed E-state index contributed by atoms with van der Waals surface area (Å²) in [7, 11) is 0.